The van der Waals surface area contributed by atoms with E-state index in [2.05, 4.69) is 15.3 Å². The van der Waals surface area contributed by atoms with E-state index < -0.39 is 0 Å². The largest absolute Gasteiger partial charge is 0.495 e. The molecule has 0 aliphatic carbocycles. The smallest absolute Gasteiger partial charge is 0.225 e. The second-order valence-electron chi connectivity index (χ2n) is 5.94. The van der Waals surface area contributed by atoms with Gasteiger partial charge in [-0.2, -0.15) is 11.8 Å². The zero-order valence-electron chi connectivity index (χ0n) is 15.2. The molecule has 1 heterocycles. The number of rotatable bonds is 7. The molecule has 7 heteroatoms. The van der Waals surface area contributed by atoms with Crippen LogP contribution in [0.3, 0.4) is 0 Å². The van der Waals surface area contributed by atoms with Crippen molar-refractivity contribution in [3.8, 4) is 5.75 Å². The van der Waals surface area contributed by atoms with Crippen LogP contribution in [0.4, 0.5) is 5.69 Å². The number of hydrogen-bond acceptors (Lipinski definition) is 5. The summed E-state index contributed by atoms with van der Waals surface area (Å²) < 4.78 is 5.24. The van der Waals surface area contributed by atoms with Crippen LogP contribution in [0.5, 0.6) is 5.75 Å². The summed E-state index contributed by atoms with van der Waals surface area (Å²) in [5, 5.41) is 3.39. The molecule has 2 aromatic carbocycles. The van der Waals surface area contributed by atoms with Gasteiger partial charge in [0.25, 0.3) is 0 Å². The maximum Gasteiger partial charge on any atom is 0.225 e. The molecule has 27 heavy (non-hydrogen) atoms. The Morgan fingerprint density at radius 2 is 1.93 bits per heavy atom. The standard InChI is InChI=1S/C20H20ClN3O2S/c1-13-18(23-16-6-4-3-5-15(16)22-13)12-27-10-9-20(25)24-17-11-14(21)7-8-19(17)26-2/h3-8,11H,9-10,12H2,1-2H3,(H,24,25). The van der Waals surface area contributed by atoms with Crippen molar-refractivity contribution in [1.29, 1.82) is 0 Å². The van der Waals surface area contributed by atoms with Gasteiger partial charge in [-0.1, -0.05) is 23.7 Å². The third-order valence-corrected chi connectivity index (χ3v) is 5.20. The molecule has 0 aliphatic rings. The summed E-state index contributed by atoms with van der Waals surface area (Å²) >= 11 is 7.64. The predicted octanol–water partition coefficient (Wildman–Crippen LogP) is 4.86. The molecule has 1 N–H and O–H groups in total. The summed E-state index contributed by atoms with van der Waals surface area (Å²) in [5.41, 5.74) is 4.25. The Labute approximate surface area is 167 Å². The van der Waals surface area contributed by atoms with Crippen LogP contribution in [0, 0.1) is 6.92 Å². The maximum atomic E-state index is 12.2. The Hall–Kier alpha value is -2.31. The van der Waals surface area contributed by atoms with Crippen LogP contribution in [0.25, 0.3) is 11.0 Å². The Morgan fingerprint density at radius 1 is 1.19 bits per heavy atom. The zero-order valence-corrected chi connectivity index (χ0v) is 16.7. The number of halogens is 1. The number of methoxy groups -OCH3 is 1. The van der Waals surface area contributed by atoms with Crippen molar-refractivity contribution >= 4 is 46.0 Å². The van der Waals surface area contributed by atoms with Gasteiger partial charge in [0.15, 0.2) is 0 Å². The average molecular weight is 402 g/mol. The van der Waals surface area contributed by atoms with Crippen molar-refractivity contribution in [2.45, 2.75) is 19.1 Å². The molecule has 140 valence electrons. The van der Waals surface area contributed by atoms with Crippen LogP contribution in [-0.2, 0) is 10.5 Å². The van der Waals surface area contributed by atoms with E-state index in [1.807, 2.05) is 31.2 Å². The summed E-state index contributed by atoms with van der Waals surface area (Å²) in [5.74, 6) is 1.91. The maximum absolute atomic E-state index is 12.2. The number of nitrogens with zero attached hydrogens (tertiary/aromatic N) is 2. The average Bonchev–Trinajstić information content (AvgIpc) is 2.65. The molecule has 0 radical (unpaired) electrons. The number of amides is 1. The van der Waals surface area contributed by atoms with Gasteiger partial charge in [-0.15, -0.1) is 0 Å². The third-order valence-electron chi connectivity index (χ3n) is 3.99. The van der Waals surface area contributed by atoms with E-state index in [1.165, 1.54) is 0 Å². The van der Waals surface area contributed by atoms with Gasteiger partial charge in [0.2, 0.25) is 5.91 Å². The lowest BCUT2D eigenvalue weighted by molar-refractivity contribution is -0.115. The summed E-state index contributed by atoms with van der Waals surface area (Å²) in [4.78, 5) is 21.5. The van der Waals surface area contributed by atoms with E-state index in [-0.39, 0.29) is 5.91 Å². The van der Waals surface area contributed by atoms with E-state index in [0.717, 1.165) is 28.2 Å². The first kappa shape index (κ1) is 19.5. The monoisotopic (exact) mass is 401 g/mol. The molecule has 0 aliphatic heterocycles. The Kier molecular flexibility index (Phi) is 6.53. The summed E-state index contributed by atoms with van der Waals surface area (Å²) in [6, 6.07) is 13.0. The molecule has 0 atom stereocenters. The molecular formula is C20H20ClN3O2S. The fraction of sp³-hybridized carbons (Fsp3) is 0.250. The fourth-order valence-corrected chi connectivity index (χ4v) is 3.70. The number of ether oxygens (including phenoxy) is 1. The minimum absolute atomic E-state index is 0.0793. The second-order valence-corrected chi connectivity index (χ2v) is 7.48. The van der Waals surface area contributed by atoms with Crippen LogP contribution in [0.2, 0.25) is 5.02 Å². The van der Waals surface area contributed by atoms with Crippen LogP contribution < -0.4 is 10.1 Å². The third kappa shape index (κ3) is 5.11. The summed E-state index contributed by atoms with van der Waals surface area (Å²) in [6.07, 6.45) is 0.389. The number of hydrogen-bond donors (Lipinski definition) is 1. The van der Waals surface area contributed by atoms with Crippen molar-refractivity contribution in [3.05, 3.63) is 58.9 Å². The van der Waals surface area contributed by atoms with Crippen molar-refractivity contribution in [3.63, 3.8) is 0 Å². The molecule has 0 unspecified atom stereocenters. The van der Waals surface area contributed by atoms with Crippen molar-refractivity contribution in [2.75, 3.05) is 18.2 Å². The fourth-order valence-electron chi connectivity index (χ4n) is 2.59. The number of para-hydroxylation sites is 2. The number of nitrogens with one attached hydrogen (secondary N) is 1. The van der Waals surface area contributed by atoms with Gasteiger partial charge in [0.1, 0.15) is 5.75 Å². The highest BCUT2D eigenvalue weighted by atomic mass is 35.5. The Bertz CT molecular complexity index is 965. The molecule has 0 saturated carbocycles. The highest BCUT2D eigenvalue weighted by Gasteiger charge is 2.09. The first-order valence-corrected chi connectivity index (χ1v) is 10.0. The Morgan fingerprint density at radius 3 is 2.67 bits per heavy atom. The van der Waals surface area contributed by atoms with Gasteiger partial charge in [0.05, 0.1) is 35.2 Å². The number of thioether (sulfide) groups is 1. The summed E-state index contributed by atoms with van der Waals surface area (Å²) in [7, 11) is 1.56. The van der Waals surface area contributed by atoms with E-state index in [4.69, 9.17) is 16.3 Å². The molecule has 3 aromatic rings. The quantitative estimate of drug-likeness (QED) is 0.572. The lowest BCUT2D eigenvalue weighted by Gasteiger charge is -2.10. The molecule has 1 aromatic heterocycles. The molecular weight excluding hydrogens is 382 g/mol. The number of carbonyl (C=O) groups excluding carboxylic acids is 1. The lowest BCUT2D eigenvalue weighted by atomic mass is 10.2. The highest BCUT2D eigenvalue weighted by Crippen LogP contribution is 2.28. The topological polar surface area (TPSA) is 64.1 Å². The minimum Gasteiger partial charge on any atom is -0.495 e. The van der Waals surface area contributed by atoms with Crippen LogP contribution in [0.15, 0.2) is 42.5 Å². The van der Waals surface area contributed by atoms with E-state index >= 15 is 0 Å². The summed E-state index contributed by atoms with van der Waals surface area (Å²) in [6.45, 7) is 1.97. The van der Waals surface area contributed by atoms with Gasteiger partial charge in [0, 0.05) is 22.9 Å². The number of aryl methyl sites for hydroxylation is 1. The number of benzene rings is 2. The zero-order chi connectivity index (χ0) is 19.2. The van der Waals surface area contributed by atoms with Crippen molar-refractivity contribution < 1.29 is 9.53 Å². The van der Waals surface area contributed by atoms with Gasteiger partial charge in [-0.3, -0.25) is 4.79 Å². The predicted molar refractivity (Wildman–Crippen MR) is 112 cm³/mol. The van der Waals surface area contributed by atoms with Gasteiger partial charge < -0.3 is 10.1 Å². The van der Waals surface area contributed by atoms with Crippen molar-refractivity contribution in [1.82, 2.24) is 9.97 Å². The SMILES string of the molecule is COc1ccc(Cl)cc1NC(=O)CCSCc1nc2ccccc2nc1C. The van der Waals surface area contributed by atoms with E-state index in [9.17, 15) is 4.79 Å². The van der Waals surface area contributed by atoms with Gasteiger partial charge >= 0.3 is 0 Å². The van der Waals surface area contributed by atoms with E-state index in [0.29, 0.717) is 28.6 Å². The lowest BCUT2D eigenvalue weighted by Crippen LogP contribution is -2.13. The first-order chi connectivity index (χ1) is 13.1. The molecule has 5 nitrogen and oxygen atoms in total. The number of anilines is 1. The number of fused-ring (bicyclic) bond motifs is 1. The molecule has 1 amide bonds. The van der Waals surface area contributed by atoms with Crippen LogP contribution in [-0.4, -0.2) is 28.7 Å². The molecule has 0 saturated heterocycles. The highest BCUT2D eigenvalue weighted by molar-refractivity contribution is 7.98. The molecule has 3 rings (SSSR count). The van der Waals surface area contributed by atoms with Gasteiger partial charge in [-0.25, -0.2) is 9.97 Å². The molecule has 0 bridgehead atoms. The number of carbonyl (C=O) groups is 1. The van der Waals surface area contributed by atoms with Crippen LogP contribution in [0.1, 0.15) is 17.8 Å². The molecule has 0 spiro atoms. The van der Waals surface area contributed by atoms with Gasteiger partial charge in [-0.05, 0) is 37.3 Å². The first-order valence-electron chi connectivity index (χ1n) is 8.50. The number of aromatic nitrogens is 2. The normalized spacial score (nSPS) is 10.8. The Balaban J connectivity index is 1.52. The second kappa shape index (κ2) is 9.06. The minimum atomic E-state index is -0.0793. The van der Waals surface area contributed by atoms with Crippen LogP contribution >= 0.6 is 23.4 Å². The van der Waals surface area contributed by atoms with E-state index in [1.54, 1.807) is 37.1 Å². The van der Waals surface area contributed by atoms with Crippen molar-refractivity contribution in [2.24, 2.45) is 0 Å². The molecule has 0 fully saturated rings.